The first-order chi connectivity index (χ1) is 19.3. The van der Waals surface area contributed by atoms with E-state index >= 15 is 0 Å². The molecule has 1 amide bonds. The molecule has 3 aromatic carbocycles. The Balaban J connectivity index is 1.96. The largest absolute Gasteiger partial charge is 0.507 e. The van der Waals surface area contributed by atoms with Crippen molar-refractivity contribution in [3.8, 4) is 28.7 Å². The minimum Gasteiger partial charge on any atom is -0.507 e. The number of phenols is 1. The van der Waals surface area contributed by atoms with Crippen LogP contribution < -0.4 is 23.8 Å². The number of carbonyl (C=O) groups excluding carboxylic acids is 2. The summed E-state index contributed by atoms with van der Waals surface area (Å²) in [6, 6.07) is 15.2. The molecule has 9 heteroatoms. The fraction of sp³-hybridized carbons (Fsp3) is 0.290. The Labute approximate surface area is 233 Å². The average molecular weight is 548 g/mol. The van der Waals surface area contributed by atoms with Crippen LogP contribution in [0.25, 0.3) is 5.76 Å². The summed E-state index contributed by atoms with van der Waals surface area (Å²) in [5.74, 6) is -0.643. The van der Waals surface area contributed by atoms with Gasteiger partial charge in [0.1, 0.15) is 23.0 Å². The minimum atomic E-state index is -1.04. The molecule has 0 radical (unpaired) electrons. The highest BCUT2D eigenvalue weighted by molar-refractivity contribution is 6.51. The molecule has 3 aromatic rings. The third-order valence-corrected chi connectivity index (χ3v) is 6.27. The maximum absolute atomic E-state index is 13.6. The maximum Gasteiger partial charge on any atom is 0.300 e. The highest BCUT2D eigenvalue weighted by Gasteiger charge is 2.47. The second-order valence-electron chi connectivity index (χ2n) is 8.78. The molecule has 2 N–H and O–H groups in total. The Morgan fingerprint density at radius 2 is 1.43 bits per heavy atom. The highest BCUT2D eigenvalue weighted by atomic mass is 16.5. The van der Waals surface area contributed by atoms with Gasteiger partial charge in [0, 0.05) is 17.8 Å². The number of rotatable bonds is 11. The third-order valence-electron chi connectivity index (χ3n) is 6.27. The number of carbonyl (C=O) groups is 2. The zero-order valence-corrected chi connectivity index (χ0v) is 23.0. The molecule has 4 rings (SSSR count). The summed E-state index contributed by atoms with van der Waals surface area (Å²) in [6.45, 7) is 8.71. The number of ether oxygens (including phenoxy) is 4. The molecule has 1 fully saturated rings. The topological polar surface area (TPSA) is 115 Å². The first-order valence-electron chi connectivity index (χ1n) is 13.2. The zero-order valence-electron chi connectivity index (χ0n) is 23.0. The number of benzene rings is 3. The van der Waals surface area contributed by atoms with E-state index in [0.717, 1.165) is 0 Å². The number of aliphatic hydroxyl groups is 1. The van der Waals surface area contributed by atoms with Gasteiger partial charge in [0.25, 0.3) is 11.7 Å². The molecule has 9 nitrogen and oxygen atoms in total. The number of hydrogen-bond donors (Lipinski definition) is 2. The molecular formula is C31H33NO8. The molecule has 0 bridgehead atoms. The smallest absolute Gasteiger partial charge is 0.300 e. The lowest BCUT2D eigenvalue weighted by Gasteiger charge is -2.26. The molecule has 0 saturated carbocycles. The Kier molecular flexibility index (Phi) is 8.83. The maximum atomic E-state index is 13.6. The lowest BCUT2D eigenvalue weighted by atomic mass is 9.94. The third kappa shape index (κ3) is 5.54. The van der Waals surface area contributed by atoms with E-state index < -0.39 is 23.5 Å². The number of phenolic OH excluding ortho intramolecular Hbond substituents is 1. The van der Waals surface area contributed by atoms with Gasteiger partial charge < -0.3 is 29.2 Å². The quantitative estimate of drug-likeness (QED) is 0.181. The Morgan fingerprint density at radius 1 is 0.775 bits per heavy atom. The van der Waals surface area contributed by atoms with Crippen LogP contribution in [0.4, 0.5) is 5.69 Å². The molecule has 1 atom stereocenters. The second-order valence-corrected chi connectivity index (χ2v) is 8.78. The molecular weight excluding hydrogens is 514 g/mol. The van der Waals surface area contributed by atoms with Crippen LogP contribution in [0.5, 0.6) is 28.7 Å². The summed E-state index contributed by atoms with van der Waals surface area (Å²) in [4.78, 5) is 28.5. The van der Waals surface area contributed by atoms with E-state index in [1.807, 2.05) is 13.8 Å². The van der Waals surface area contributed by atoms with E-state index in [9.17, 15) is 19.8 Å². The average Bonchev–Trinajstić information content (AvgIpc) is 3.20. The SMILES string of the molecule is CCOc1cccc(N2C(=O)C(=O)/C(=C(/O)c3ccc(OCC)cc3OCC)C2c2ccc(O)c(OCC)c2)c1. The van der Waals surface area contributed by atoms with E-state index in [1.165, 1.54) is 11.0 Å². The van der Waals surface area contributed by atoms with Crippen molar-refractivity contribution in [1.29, 1.82) is 0 Å². The predicted octanol–water partition coefficient (Wildman–Crippen LogP) is 5.61. The number of nitrogens with zero attached hydrogens (tertiary/aromatic N) is 1. The van der Waals surface area contributed by atoms with Gasteiger partial charge in [-0.3, -0.25) is 14.5 Å². The monoisotopic (exact) mass is 547 g/mol. The van der Waals surface area contributed by atoms with Crippen LogP contribution in [0, 0.1) is 0 Å². The van der Waals surface area contributed by atoms with Gasteiger partial charge in [0.15, 0.2) is 11.5 Å². The van der Waals surface area contributed by atoms with Crippen molar-refractivity contribution in [1.82, 2.24) is 0 Å². The molecule has 0 aliphatic carbocycles. The lowest BCUT2D eigenvalue weighted by molar-refractivity contribution is -0.132. The fourth-order valence-corrected chi connectivity index (χ4v) is 4.65. The van der Waals surface area contributed by atoms with Gasteiger partial charge in [-0.25, -0.2) is 0 Å². The van der Waals surface area contributed by atoms with E-state index in [4.69, 9.17) is 18.9 Å². The first-order valence-corrected chi connectivity index (χ1v) is 13.2. The van der Waals surface area contributed by atoms with Gasteiger partial charge in [-0.15, -0.1) is 0 Å². The van der Waals surface area contributed by atoms with Crippen LogP contribution in [-0.4, -0.2) is 48.3 Å². The number of aliphatic hydroxyl groups excluding tert-OH is 1. The predicted molar refractivity (Wildman–Crippen MR) is 150 cm³/mol. The van der Waals surface area contributed by atoms with Crippen LogP contribution in [0.3, 0.4) is 0 Å². The van der Waals surface area contributed by atoms with Crippen molar-refractivity contribution in [3.63, 3.8) is 0 Å². The standard InChI is InChI=1S/C31H33NO8/c1-5-37-21-11-9-10-20(17-21)32-28(19-12-15-24(33)26(16-19)40-8-4)27(30(35)31(32)36)29(34)23-14-13-22(38-6-2)18-25(23)39-7-3/h9-18,28,33-34H,5-8H2,1-4H3/b29-27+. The summed E-state index contributed by atoms with van der Waals surface area (Å²) in [5, 5.41) is 22.0. The van der Waals surface area contributed by atoms with Gasteiger partial charge in [-0.1, -0.05) is 12.1 Å². The number of amides is 1. The highest BCUT2D eigenvalue weighted by Crippen LogP contribution is 2.45. The van der Waals surface area contributed by atoms with Gasteiger partial charge in [-0.05, 0) is 69.7 Å². The summed E-state index contributed by atoms with van der Waals surface area (Å²) < 4.78 is 22.6. The molecule has 1 heterocycles. The Morgan fingerprint density at radius 3 is 2.10 bits per heavy atom. The van der Waals surface area contributed by atoms with Crippen LogP contribution in [0.1, 0.15) is 44.9 Å². The molecule has 210 valence electrons. The number of hydrogen-bond acceptors (Lipinski definition) is 8. The van der Waals surface area contributed by atoms with Crippen LogP contribution in [-0.2, 0) is 9.59 Å². The molecule has 0 aromatic heterocycles. The number of Topliss-reactive ketones (excluding diaryl/α,β-unsaturated/α-hetero) is 1. The van der Waals surface area contributed by atoms with E-state index in [2.05, 4.69) is 0 Å². The summed E-state index contributed by atoms with van der Waals surface area (Å²) in [6.07, 6.45) is 0. The van der Waals surface area contributed by atoms with Gasteiger partial charge in [0.2, 0.25) is 0 Å². The van der Waals surface area contributed by atoms with Crippen molar-refractivity contribution in [3.05, 3.63) is 77.4 Å². The summed E-state index contributed by atoms with van der Waals surface area (Å²) in [5.41, 5.74) is 0.956. The van der Waals surface area contributed by atoms with Gasteiger partial charge >= 0.3 is 0 Å². The van der Waals surface area contributed by atoms with Crippen LogP contribution in [0.2, 0.25) is 0 Å². The van der Waals surface area contributed by atoms with Gasteiger partial charge in [0.05, 0.1) is 43.6 Å². The van der Waals surface area contributed by atoms with Gasteiger partial charge in [-0.2, -0.15) is 0 Å². The van der Waals surface area contributed by atoms with Crippen LogP contribution in [0.15, 0.2) is 66.2 Å². The fourth-order valence-electron chi connectivity index (χ4n) is 4.65. The zero-order chi connectivity index (χ0) is 28.8. The van der Waals surface area contributed by atoms with Crippen LogP contribution >= 0.6 is 0 Å². The van der Waals surface area contributed by atoms with Crippen molar-refractivity contribution in [2.45, 2.75) is 33.7 Å². The molecule has 1 unspecified atom stereocenters. The summed E-state index contributed by atoms with van der Waals surface area (Å²) >= 11 is 0. The van der Waals surface area contributed by atoms with Crippen molar-refractivity contribution < 1.29 is 38.7 Å². The first kappa shape index (κ1) is 28.4. The Hall–Kier alpha value is -4.66. The number of aromatic hydroxyl groups is 1. The second kappa shape index (κ2) is 12.5. The van der Waals surface area contributed by atoms with Crippen molar-refractivity contribution in [2.75, 3.05) is 31.3 Å². The van der Waals surface area contributed by atoms with E-state index in [-0.39, 0.29) is 29.2 Å². The molecule has 1 saturated heterocycles. The van der Waals surface area contributed by atoms with Crippen molar-refractivity contribution in [2.24, 2.45) is 0 Å². The molecule has 0 spiro atoms. The van der Waals surface area contributed by atoms with E-state index in [1.54, 1.807) is 68.4 Å². The Bertz CT molecular complexity index is 1430. The van der Waals surface area contributed by atoms with Crippen molar-refractivity contribution >= 4 is 23.1 Å². The normalized spacial score (nSPS) is 16.2. The molecule has 1 aliphatic heterocycles. The number of anilines is 1. The molecule has 1 aliphatic rings. The minimum absolute atomic E-state index is 0.0916. The molecule has 40 heavy (non-hydrogen) atoms. The lowest BCUT2D eigenvalue weighted by Crippen LogP contribution is -2.29. The summed E-state index contributed by atoms with van der Waals surface area (Å²) in [7, 11) is 0. The number of ketones is 1. The van der Waals surface area contributed by atoms with E-state index in [0.29, 0.717) is 48.3 Å².